The minimum Gasteiger partial charge on any atom is -0.490 e. The van der Waals surface area contributed by atoms with Gasteiger partial charge in [0.05, 0.1) is 12.8 Å². The van der Waals surface area contributed by atoms with Crippen LogP contribution in [0.25, 0.3) is 0 Å². The third-order valence-electron chi connectivity index (χ3n) is 6.51. The number of hydrazone groups is 1. The highest BCUT2D eigenvalue weighted by atomic mass is 16.5. The van der Waals surface area contributed by atoms with Crippen LogP contribution in [0, 0.1) is 17.3 Å². The number of nitrogens with zero attached hydrogens (tertiary/aromatic N) is 1. The van der Waals surface area contributed by atoms with E-state index in [4.69, 9.17) is 9.47 Å². The Bertz CT molecular complexity index is 912. The lowest BCUT2D eigenvalue weighted by atomic mass is 9.90. The molecule has 0 unspecified atom stereocenters. The van der Waals surface area contributed by atoms with E-state index in [-0.39, 0.29) is 17.2 Å². The molecule has 0 aliphatic heterocycles. The molecule has 3 atom stereocenters. The summed E-state index contributed by atoms with van der Waals surface area (Å²) in [4.78, 5) is 12.5. The molecule has 5 nitrogen and oxygen atoms in total. The second kappa shape index (κ2) is 8.90. The molecule has 1 amide bonds. The number of hydrogen-bond donors (Lipinski definition) is 1. The molecule has 0 saturated heterocycles. The summed E-state index contributed by atoms with van der Waals surface area (Å²) in [6.07, 6.45) is 6.46. The van der Waals surface area contributed by atoms with Gasteiger partial charge in [0.25, 0.3) is 0 Å². The van der Waals surface area contributed by atoms with Crippen LogP contribution < -0.4 is 14.9 Å². The van der Waals surface area contributed by atoms with Crippen LogP contribution >= 0.6 is 0 Å². The maximum absolute atomic E-state index is 12.5. The lowest BCUT2D eigenvalue weighted by Gasteiger charge is -2.15. The summed E-state index contributed by atoms with van der Waals surface area (Å²) in [6.45, 7) is 5.21. The molecule has 158 valence electrons. The molecular formula is C25H30N2O3. The van der Waals surface area contributed by atoms with Crippen LogP contribution in [-0.4, -0.2) is 18.7 Å². The minimum atomic E-state index is 0.0495. The Morgan fingerprint density at radius 1 is 1.17 bits per heavy atom. The van der Waals surface area contributed by atoms with Crippen molar-refractivity contribution in [1.29, 1.82) is 0 Å². The van der Waals surface area contributed by atoms with Gasteiger partial charge in [0.2, 0.25) is 5.91 Å². The van der Waals surface area contributed by atoms with E-state index in [1.807, 2.05) is 55.5 Å². The summed E-state index contributed by atoms with van der Waals surface area (Å²) in [5, 5.41) is 4.20. The molecule has 2 fully saturated rings. The quantitative estimate of drug-likeness (QED) is 0.499. The number of carbonyl (C=O) groups is 1. The highest BCUT2D eigenvalue weighted by molar-refractivity contribution is 5.86. The predicted molar refractivity (Wildman–Crippen MR) is 118 cm³/mol. The molecule has 0 aromatic heterocycles. The van der Waals surface area contributed by atoms with Crippen LogP contribution in [0.3, 0.4) is 0 Å². The molecule has 2 aromatic rings. The van der Waals surface area contributed by atoms with Gasteiger partial charge in [0.15, 0.2) is 11.5 Å². The number of benzene rings is 2. The lowest BCUT2D eigenvalue weighted by molar-refractivity contribution is -0.123. The highest BCUT2D eigenvalue weighted by Gasteiger charge is 2.64. The van der Waals surface area contributed by atoms with Crippen LogP contribution in [0.2, 0.25) is 0 Å². The fourth-order valence-electron chi connectivity index (χ4n) is 4.82. The zero-order valence-electron chi connectivity index (χ0n) is 17.8. The van der Waals surface area contributed by atoms with Crippen LogP contribution in [0.15, 0.2) is 53.6 Å². The van der Waals surface area contributed by atoms with E-state index in [9.17, 15) is 4.79 Å². The van der Waals surface area contributed by atoms with Crippen molar-refractivity contribution in [1.82, 2.24) is 5.43 Å². The Hall–Kier alpha value is -2.82. The van der Waals surface area contributed by atoms with E-state index in [2.05, 4.69) is 17.5 Å². The van der Waals surface area contributed by atoms with Gasteiger partial charge in [0.1, 0.15) is 6.61 Å². The summed E-state index contributed by atoms with van der Waals surface area (Å²) < 4.78 is 11.7. The van der Waals surface area contributed by atoms with Gasteiger partial charge >= 0.3 is 0 Å². The number of rotatable bonds is 8. The van der Waals surface area contributed by atoms with Gasteiger partial charge in [-0.05, 0) is 60.4 Å². The smallest absolute Gasteiger partial charge is 0.244 e. The van der Waals surface area contributed by atoms with Crippen LogP contribution in [0.1, 0.15) is 50.7 Å². The molecule has 0 spiro atoms. The molecule has 1 N–H and O–H groups in total. The third kappa shape index (κ3) is 4.35. The van der Waals surface area contributed by atoms with Crippen LogP contribution in [0.5, 0.6) is 11.5 Å². The zero-order valence-corrected chi connectivity index (χ0v) is 17.8. The Morgan fingerprint density at radius 3 is 2.73 bits per heavy atom. The van der Waals surface area contributed by atoms with Gasteiger partial charge < -0.3 is 9.47 Å². The van der Waals surface area contributed by atoms with Gasteiger partial charge in [-0.15, -0.1) is 0 Å². The molecular weight excluding hydrogens is 376 g/mol. The molecule has 30 heavy (non-hydrogen) atoms. The number of fused-ring (bicyclic) bond motifs is 1. The Morgan fingerprint density at radius 2 is 2.00 bits per heavy atom. The SMILES string of the molecule is CCOc1cc(/C=N\NC(=O)[C@H]2[C@@H]3CCCC[C@@]32C)ccc1OCc1ccccc1. The first-order valence-corrected chi connectivity index (χ1v) is 10.9. The van der Waals surface area contributed by atoms with E-state index in [1.54, 1.807) is 6.21 Å². The molecule has 0 radical (unpaired) electrons. The van der Waals surface area contributed by atoms with Crippen LogP contribution in [-0.2, 0) is 11.4 Å². The van der Waals surface area contributed by atoms with Crippen molar-refractivity contribution in [3.8, 4) is 11.5 Å². The van der Waals surface area contributed by atoms with E-state index in [0.717, 1.165) is 17.5 Å². The number of amides is 1. The van der Waals surface area contributed by atoms with Crippen molar-refractivity contribution in [3.05, 3.63) is 59.7 Å². The van der Waals surface area contributed by atoms with Gasteiger partial charge in [-0.1, -0.05) is 50.1 Å². The Balaban J connectivity index is 1.36. The van der Waals surface area contributed by atoms with E-state index in [0.29, 0.717) is 30.6 Å². The van der Waals surface area contributed by atoms with Crippen molar-refractivity contribution in [2.24, 2.45) is 22.4 Å². The molecule has 4 rings (SSSR count). The van der Waals surface area contributed by atoms with Crippen molar-refractivity contribution in [3.63, 3.8) is 0 Å². The van der Waals surface area contributed by atoms with Crippen molar-refractivity contribution < 1.29 is 14.3 Å². The second-order valence-corrected chi connectivity index (χ2v) is 8.48. The third-order valence-corrected chi connectivity index (χ3v) is 6.51. The Labute approximate surface area is 178 Å². The largest absolute Gasteiger partial charge is 0.490 e. The van der Waals surface area contributed by atoms with E-state index < -0.39 is 0 Å². The molecule has 0 heterocycles. The maximum Gasteiger partial charge on any atom is 0.244 e. The van der Waals surface area contributed by atoms with Gasteiger partial charge in [-0.3, -0.25) is 4.79 Å². The molecule has 2 aliphatic carbocycles. The number of carbonyl (C=O) groups excluding carboxylic acids is 1. The second-order valence-electron chi connectivity index (χ2n) is 8.48. The monoisotopic (exact) mass is 406 g/mol. The number of nitrogens with one attached hydrogen (secondary N) is 1. The molecule has 5 heteroatoms. The average Bonchev–Trinajstić information content (AvgIpc) is 3.39. The first-order chi connectivity index (χ1) is 14.6. The highest BCUT2D eigenvalue weighted by Crippen LogP contribution is 2.66. The summed E-state index contributed by atoms with van der Waals surface area (Å²) in [5.41, 5.74) is 4.89. The zero-order chi connectivity index (χ0) is 21.0. The lowest BCUT2D eigenvalue weighted by Crippen LogP contribution is -2.22. The van der Waals surface area contributed by atoms with Gasteiger partial charge in [0, 0.05) is 5.92 Å². The fraction of sp³-hybridized carbons (Fsp3) is 0.440. The normalized spacial score (nSPS) is 24.9. The van der Waals surface area contributed by atoms with Crippen LogP contribution in [0.4, 0.5) is 0 Å². The van der Waals surface area contributed by atoms with E-state index >= 15 is 0 Å². The topological polar surface area (TPSA) is 59.9 Å². The summed E-state index contributed by atoms with van der Waals surface area (Å²) in [6, 6.07) is 15.7. The molecule has 2 aromatic carbocycles. The van der Waals surface area contributed by atoms with Crippen molar-refractivity contribution in [2.75, 3.05) is 6.61 Å². The average molecular weight is 407 g/mol. The summed E-state index contributed by atoms with van der Waals surface area (Å²) >= 11 is 0. The standard InChI is InChI=1S/C25H30N2O3/c1-3-29-22-15-19(12-13-21(22)30-17-18-9-5-4-6-10-18)16-26-27-24(28)23-20-11-7-8-14-25(20,23)2/h4-6,9-10,12-13,15-16,20,23H,3,7-8,11,14,17H2,1-2H3,(H,27,28)/b26-16-/t20-,23+,25-/m0/s1. The summed E-state index contributed by atoms with van der Waals surface area (Å²) in [7, 11) is 0. The summed E-state index contributed by atoms with van der Waals surface area (Å²) in [5.74, 6) is 2.06. The first-order valence-electron chi connectivity index (χ1n) is 10.9. The molecule has 2 saturated carbocycles. The van der Waals surface area contributed by atoms with Crippen molar-refractivity contribution in [2.45, 2.75) is 46.1 Å². The number of hydrogen-bond acceptors (Lipinski definition) is 4. The number of ether oxygens (including phenoxy) is 2. The van der Waals surface area contributed by atoms with Gasteiger partial charge in [-0.2, -0.15) is 5.10 Å². The van der Waals surface area contributed by atoms with E-state index in [1.165, 1.54) is 19.3 Å². The first kappa shape index (κ1) is 20.5. The molecule has 0 bridgehead atoms. The Kier molecular flexibility index (Phi) is 6.07. The minimum absolute atomic E-state index is 0.0495. The maximum atomic E-state index is 12.5. The van der Waals surface area contributed by atoms with Gasteiger partial charge in [-0.25, -0.2) is 5.43 Å². The molecule has 2 aliphatic rings. The van der Waals surface area contributed by atoms with Crippen molar-refractivity contribution >= 4 is 12.1 Å². The predicted octanol–water partition coefficient (Wildman–Crippen LogP) is 4.94. The fourth-order valence-corrected chi connectivity index (χ4v) is 4.82.